The van der Waals surface area contributed by atoms with E-state index in [4.69, 9.17) is 4.74 Å². The van der Waals surface area contributed by atoms with E-state index in [1.165, 1.54) is 0 Å². The molecule has 2 aromatic rings. The predicted octanol–water partition coefficient (Wildman–Crippen LogP) is 4.06. The summed E-state index contributed by atoms with van der Waals surface area (Å²) in [5.74, 6) is 0.414. The third kappa shape index (κ3) is 6.90. The van der Waals surface area contributed by atoms with Crippen molar-refractivity contribution in [3.8, 4) is 5.75 Å². The SMILES string of the molecule is CCCNC(=O)[C@H](CC)N(CCc1ccccc1)C(=O)COc1ccc(C)cc1C. The average Bonchev–Trinajstić information content (AvgIpc) is 2.74. The molecule has 2 aromatic carbocycles. The minimum atomic E-state index is -0.504. The molecule has 30 heavy (non-hydrogen) atoms. The van der Waals surface area contributed by atoms with Gasteiger partial charge in [-0.15, -0.1) is 0 Å². The van der Waals surface area contributed by atoms with Crippen LogP contribution in [0.1, 0.15) is 43.4 Å². The van der Waals surface area contributed by atoms with Gasteiger partial charge in [-0.05, 0) is 50.3 Å². The Labute approximate surface area is 180 Å². The molecule has 162 valence electrons. The van der Waals surface area contributed by atoms with Gasteiger partial charge in [0, 0.05) is 13.1 Å². The molecule has 2 rings (SSSR count). The number of nitrogens with one attached hydrogen (secondary N) is 1. The number of carbonyl (C=O) groups excluding carboxylic acids is 2. The smallest absolute Gasteiger partial charge is 0.261 e. The molecule has 0 aliphatic rings. The van der Waals surface area contributed by atoms with Crippen LogP contribution < -0.4 is 10.1 Å². The van der Waals surface area contributed by atoms with Crippen molar-refractivity contribution in [3.63, 3.8) is 0 Å². The summed E-state index contributed by atoms with van der Waals surface area (Å²) in [5.41, 5.74) is 3.27. The van der Waals surface area contributed by atoms with E-state index >= 15 is 0 Å². The lowest BCUT2D eigenvalue weighted by Gasteiger charge is -2.30. The molecule has 0 saturated carbocycles. The number of hydrogen-bond donors (Lipinski definition) is 1. The van der Waals surface area contributed by atoms with Crippen LogP contribution in [0.5, 0.6) is 5.75 Å². The van der Waals surface area contributed by atoms with Crippen LogP contribution in [0.3, 0.4) is 0 Å². The fraction of sp³-hybridized carbons (Fsp3) is 0.440. The first-order chi connectivity index (χ1) is 14.5. The first-order valence-corrected chi connectivity index (χ1v) is 10.8. The maximum absolute atomic E-state index is 13.1. The zero-order valence-electron chi connectivity index (χ0n) is 18.6. The molecule has 0 saturated heterocycles. The summed E-state index contributed by atoms with van der Waals surface area (Å²) in [5, 5.41) is 2.93. The molecule has 1 N–H and O–H groups in total. The fourth-order valence-corrected chi connectivity index (χ4v) is 3.45. The standard InChI is InChI=1S/C25H34N2O3/c1-5-15-26-25(29)22(6-2)27(16-14-21-10-8-7-9-11-21)24(28)18-30-23-13-12-19(3)17-20(23)4/h7-13,17,22H,5-6,14-16,18H2,1-4H3,(H,26,29)/t22-/m0/s1. The molecule has 2 amide bonds. The van der Waals surface area contributed by atoms with Gasteiger partial charge in [-0.1, -0.05) is 61.9 Å². The Kier molecular flexibility index (Phi) is 9.39. The highest BCUT2D eigenvalue weighted by atomic mass is 16.5. The van der Waals surface area contributed by atoms with Gasteiger partial charge in [0.2, 0.25) is 5.91 Å². The Morgan fingerprint density at radius 3 is 2.43 bits per heavy atom. The topological polar surface area (TPSA) is 58.6 Å². The number of nitrogens with zero attached hydrogens (tertiary/aromatic N) is 1. The Balaban J connectivity index is 2.12. The maximum Gasteiger partial charge on any atom is 0.261 e. The van der Waals surface area contributed by atoms with E-state index in [1.807, 2.05) is 76.2 Å². The number of rotatable bonds is 11. The average molecular weight is 411 g/mol. The van der Waals surface area contributed by atoms with Crippen LogP contribution in [0.4, 0.5) is 0 Å². The van der Waals surface area contributed by atoms with Crippen molar-refractivity contribution in [1.29, 1.82) is 0 Å². The summed E-state index contributed by atoms with van der Waals surface area (Å²) in [6.45, 7) is 8.92. The second-order valence-electron chi connectivity index (χ2n) is 7.60. The van der Waals surface area contributed by atoms with E-state index < -0.39 is 6.04 Å². The van der Waals surface area contributed by atoms with Gasteiger partial charge in [-0.3, -0.25) is 9.59 Å². The Bertz CT molecular complexity index is 820. The van der Waals surface area contributed by atoms with Crippen molar-refractivity contribution < 1.29 is 14.3 Å². The maximum atomic E-state index is 13.1. The minimum Gasteiger partial charge on any atom is -0.483 e. The summed E-state index contributed by atoms with van der Waals surface area (Å²) in [4.78, 5) is 27.5. The normalized spacial score (nSPS) is 11.6. The highest BCUT2D eigenvalue weighted by molar-refractivity contribution is 5.88. The van der Waals surface area contributed by atoms with E-state index in [1.54, 1.807) is 4.90 Å². The van der Waals surface area contributed by atoms with E-state index in [0.29, 0.717) is 31.7 Å². The summed E-state index contributed by atoms with van der Waals surface area (Å²) in [6, 6.07) is 15.4. The molecule has 0 radical (unpaired) electrons. The molecule has 5 nitrogen and oxygen atoms in total. The largest absolute Gasteiger partial charge is 0.483 e. The summed E-state index contributed by atoms with van der Waals surface area (Å²) in [7, 11) is 0. The van der Waals surface area contributed by atoms with Gasteiger partial charge in [-0.2, -0.15) is 0 Å². The molecule has 0 heterocycles. The Morgan fingerprint density at radius 1 is 1.07 bits per heavy atom. The molecule has 0 fully saturated rings. The third-order valence-electron chi connectivity index (χ3n) is 5.10. The molecule has 0 aromatic heterocycles. The van der Waals surface area contributed by atoms with Gasteiger partial charge in [0.25, 0.3) is 5.91 Å². The lowest BCUT2D eigenvalue weighted by molar-refractivity contribution is -0.142. The Morgan fingerprint density at radius 2 is 1.80 bits per heavy atom. The fourth-order valence-electron chi connectivity index (χ4n) is 3.45. The first-order valence-electron chi connectivity index (χ1n) is 10.8. The van der Waals surface area contributed by atoms with Crippen LogP contribution in [-0.2, 0) is 16.0 Å². The summed E-state index contributed by atoms with van der Waals surface area (Å²) < 4.78 is 5.82. The van der Waals surface area contributed by atoms with Crippen molar-refractivity contribution in [2.75, 3.05) is 19.7 Å². The Hall–Kier alpha value is -2.82. The van der Waals surface area contributed by atoms with Gasteiger partial charge in [0.15, 0.2) is 6.61 Å². The van der Waals surface area contributed by atoms with E-state index in [0.717, 1.165) is 23.1 Å². The number of benzene rings is 2. The van der Waals surface area contributed by atoms with Crippen molar-refractivity contribution in [3.05, 3.63) is 65.2 Å². The predicted molar refractivity (Wildman–Crippen MR) is 121 cm³/mol. The lowest BCUT2D eigenvalue weighted by Crippen LogP contribution is -2.51. The van der Waals surface area contributed by atoms with Crippen LogP contribution in [-0.4, -0.2) is 42.5 Å². The van der Waals surface area contributed by atoms with Crippen molar-refractivity contribution >= 4 is 11.8 Å². The van der Waals surface area contributed by atoms with E-state index in [-0.39, 0.29) is 18.4 Å². The third-order valence-corrected chi connectivity index (χ3v) is 5.10. The molecule has 1 atom stereocenters. The highest BCUT2D eigenvalue weighted by Gasteiger charge is 2.28. The molecule has 0 aliphatic heterocycles. The van der Waals surface area contributed by atoms with Gasteiger partial charge in [-0.25, -0.2) is 0 Å². The molecule has 0 spiro atoms. The second-order valence-corrected chi connectivity index (χ2v) is 7.60. The summed E-state index contributed by atoms with van der Waals surface area (Å²) in [6.07, 6.45) is 2.10. The first kappa shape index (κ1) is 23.5. The molecular weight excluding hydrogens is 376 g/mol. The van der Waals surface area contributed by atoms with Crippen molar-refractivity contribution in [2.45, 2.75) is 53.0 Å². The molecular formula is C25H34N2O3. The lowest BCUT2D eigenvalue weighted by atomic mass is 10.1. The van der Waals surface area contributed by atoms with E-state index in [2.05, 4.69) is 5.32 Å². The van der Waals surface area contributed by atoms with Crippen molar-refractivity contribution in [2.24, 2.45) is 0 Å². The van der Waals surface area contributed by atoms with Crippen LogP contribution in [0.2, 0.25) is 0 Å². The van der Waals surface area contributed by atoms with Gasteiger partial charge >= 0.3 is 0 Å². The molecule has 0 aliphatic carbocycles. The highest BCUT2D eigenvalue weighted by Crippen LogP contribution is 2.19. The van der Waals surface area contributed by atoms with Gasteiger partial charge < -0.3 is 15.0 Å². The van der Waals surface area contributed by atoms with Crippen LogP contribution in [0, 0.1) is 13.8 Å². The van der Waals surface area contributed by atoms with E-state index in [9.17, 15) is 9.59 Å². The van der Waals surface area contributed by atoms with Crippen LogP contribution in [0.25, 0.3) is 0 Å². The van der Waals surface area contributed by atoms with Crippen LogP contribution >= 0.6 is 0 Å². The number of ether oxygens (including phenoxy) is 1. The zero-order chi connectivity index (χ0) is 21.9. The van der Waals surface area contributed by atoms with Gasteiger partial charge in [0.05, 0.1) is 0 Å². The zero-order valence-corrected chi connectivity index (χ0v) is 18.6. The molecule has 0 unspecified atom stereocenters. The summed E-state index contributed by atoms with van der Waals surface area (Å²) >= 11 is 0. The molecule has 5 heteroatoms. The number of carbonyl (C=O) groups is 2. The number of aryl methyl sites for hydroxylation is 2. The van der Waals surface area contributed by atoms with Crippen LogP contribution in [0.15, 0.2) is 48.5 Å². The number of hydrogen-bond acceptors (Lipinski definition) is 3. The second kappa shape index (κ2) is 12.0. The monoisotopic (exact) mass is 410 g/mol. The minimum absolute atomic E-state index is 0.0871. The molecule has 0 bridgehead atoms. The van der Waals surface area contributed by atoms with Crippen molar-refractivity contribution in [1.82, 2.24) is 10.2 Å². The number of amides is 2. The quantitative estimate of drug-likeness (QED) is 0.608. The van der Waals surface area contributed by atoms with Gasteiger partial charge in [0.1, 0.15) is 11.8 Å².